The van der Waals surface area contributed by atoms with Gasteiger partial charge in [0.2, 0.25) is 0 Å². The summed E-state index contributed by atoms with van der Waals surface area (Å²) in [7, 11) is 0. The molecule has 0 amide bonds. The van der Waals surface area contributed by atoms with Crippen LogP contribution in [0.3, 0.4) is 0 Å². The number of hydrogen-bond donors (Lipinski definition) is 1. The molecule has 0 saturated heterocycles. The molecular weight excluding hydrogens is 160 g/mol. The van der Waals surface area contributed by atoms with Gasteiger partial charge >= 0.3 is 0 Å². The van der Waals surface area contributed by atoms with Gasteiger partial charge in [0.15, 0.2) is 0 Å². The van der Waals surface area contributed by atoms with Gasteiger partial charge in [0, 0.05) is 0 Å². The van der Waals surface area contributed by atoms with E-state index < -0.39 is 0 Å². The van der Waals surface area contributed by atoms with Crippen molar-refractivity contribution in [1.29, 1.82) is 0 Å². The highest BCUT2D eigenvalue weighted by Gasteiger charge is 2.39. The van der Waals surface area contributed by atoms with E-state index in [1.54, 1.807) is 0 Å². The van der Waals surface area contributed by atoms with Gasteiger partial charge in [0.05, 0.1) is 6.61 Å². The first-order chi connectivity index (χ1) is 6.26. The summed E-state index contributed by atoms with van der Waals surface area (Å²) in [6.45, 7) is 2.71. The Morgan fingerprint density at radius 2 is 2.31 bits per heavy atom. The van der Waals surface area contributed by atoms with Crippen LogP contribution < -0.4 is 0 Å². The summed E-state index contributed by atoms with van der Waals surface area (Å²) in [6.07, 6.45) is 10.2. The van der Waals surface area contributed by atoms with Crippen molar-refractivity contribution in [2.75, 3.05) is 6.61 Å². The number of allylic oxidation sites excluding steroid dienone is 1. The van der Waals surface area contributed by atoms with Crippen molar-refractivity contribution in [2.24, 2.45) is 11.3 Å². The van der Waals surface area contributed by atoms with Crippen molar-refractivity contribution in [2.45, 2.75) is 45.4 Å². The maximum Gasteiger partial charge on any atom is 0.0644 e. The summed E-state index contributed by atoms with van der Waals surface area (Å²) >= 11 is 0. The standard InChI is InChI=1S/C12H20O/c1-12-7-3-2-6-11(12)10(9-13)5-4-8-12/h5,11,13H,2-4,6-9H2,1H3/t11-,12-/m1/s1. The molecule has 0 radical (unpaired) electrons. The second-order valence-corrected chi connectivity index (χ2v) is 4.93. The third-order valence-corrected chi connectivity index (χ3v) is 4.08. The van der Waals surface area contributed by atoms with Crippen LogP contribution >= 0.6 is 0 Å². The zero-order valence-electron chi connectivity index (χ0n) is 8.55. The van der Waals surface area contributed by atoms with Gasteiger partial charge in [0.1, 0.15) is 0 Å². The molecule has 0 spiro atoms. The molecule has 0 unspecified atom stereocenters. The lowest BCUT2D eigenvalue weighted by molar-refractivity contribution is 0.110. The minimum atomic E-state index is 0.292. The van der Waals surface area contributed by atoms with Crippen molar-refractivity contribution in [3.63, 3.8) is 0 Å². The zero-order valence-corrected chi connectivity index (χ0v) is 8.55. The van der Waals surface area contributed by atoms with Crippen LogP contribution in [-0.4, -0.2) is 11.7 Å². The van der Waals surface area contributed by atoms with Crippen LogP contribution in [0, 0.1) is 11.3 Å². The molecule has 0 bridgehead atoms. The normalized spacial score (nSPS) is 39.5. The molecule has 0 aromatic carbocycles. The summed E-state index contributed by atoms with van der Waals surface area (Å²) in [5, 5.41) is 9.28. The minimum Gasteiger partial charge on any atom is -0.392 e. The van der Waals surface area contributed by atoms with E-state index in [1.807, 2.05) is 0 Å². The molecule has 74 valence electrons. The third kappa shape index (κ3) is 1.54. The largest absolute Gasteiger partial charge is 0.392 e. The smallest absolute Gasteiger partial charge is 0.0644 e. The van der Waals surface area contributed by atoms with Gasteiger partial charge in [-0.05, 0) is 42.6 Å². The van der Waals surface area contributed by atoms with Gasteiger partial charge in [0.25, 0.3) is 0 Å². The van der Waals surface area contributed by atoms with E-state index in [0.717, 1.165) is 0 Å². The Balaban J connectivity index is 2.21. The lowest BCUT2D eigenvalue weighted by Crippen LogP contribution is -2.35. The van der Waals surface area contributed by atoms with E-state index in [0.29, 0.717) is 17.9 Å². The molecule has 2 rings (SSSR count). The minimum absolute atomic E-state index is 0.292. The molecule has 1 heteroatoms. The zero-order chi connectivity index (χ0) is 9.31. The molecular formula is C12H20O. The highest BCUT2D eigenvalue weighted by molar-refractivity contribution is 5.16. The number of fused-ring (bicyclic) bond motifs is 1. The molecule has 1 fully saturated rings. The second kappa shape index (κ2) is 3.45. The predicted octanol–water partition coefficient (Wildman–Crippen LogP) is 2.90. The summed E-state index contributed by atoms with van der Waals surface area (Å²) < 4.78 is 0. The molecule has 2 atom stereocenters. The molecule has 13 heavy (non-hydrogen) atoms. The Hall–Kier alpha value is -0.300. The van der Waals surface area contributed by atoms with Crippen molar-refractivity contribution in [3.05, 3.63) is 11.6 Å². The summed E-state index contributed by atoms with van der Waals surface area (Å²) in [5.74, 6) is 0.694. The molecule has 0 aliphatic heterocycles. The van der Waals surface area contributed by atoms with Gasteiger partial charge in [-0.25, -0.2) is 0 Å². The van der Waals surface area contributed by atoms with Gasteiger partial charge in [-0.1, -0.05) is 25.8 Å². The first-order valence-electron chi connectivity index (χ1n) is 5.56. The molecule has 2 aliphatic carbocycles. The molecule has 2 aliphatic rings. The second-order valence-electron chi connectivity index (χ2n) is 4.93. The van der Waals surface area contributed by atoms with Gasteiger partial charge in [-0.15, -0.1) is 0 Å². The monoisotopic (exact) mass is 180 g/mol. The van der Waals surface area contributed by atoms with Crippen LogP contribution in [0.1, 0.15) is 45.4 Å². The van der Waals surface area contributed by atoms with Crippen LogP contribution in [0.4, 0.5) is 0 Å². The van der Waals surface area contributed by atoms with E-state index in [1.165, 1.54) is 44.1 Å². The fourth-order valence-electron chi connectivity index (χ4n) is 3.24. The van der Waals surface area contributed by atoms with Crippen LogP contribution in [0.15, 0.2) is 11.6 Å². The molecule has 1 saturated carbocycles. The average molecular weight is 180 g/mol. The number of hydrogen-bond acceptors (Lipinski definition) is 1. The quantitative estimate of drug-likeness (QED) is 0.615. The van der Waals surface area contributed by atoms with Crippen LogP contribution in [0.25, 0.3) is 0 Å². The molecule has 1 nitrogen and oxygen atoms in total. The van der Waals surface area contributed by atoms with Crippen molar-refractivity contribution in [3.8, 4) is 0 Å². The Morgan fingerprint density at radius 3 is 3.08 bits per heavy atom. The van der Waals surface area contributed by atoms with Crippen molar-refractivity contribution in [1.82, 2.24) is 0 Å². The first-order valence-corrected chi connectivity index (χ1v) is 5.56. The SMILES string of the molecule is C[C@@]12CCC=C(CO)[C@H]1CCCC2. The van der Waals surface area contributed by atoms with Gasteiger partial charge < -0.3 is 5.11 Å². The van der Waals surface area contributed by atoms with Gasteiger partial charge in [-0.3, -0.25) is 0 Å². The first kappa shape index (κ1) is 9.26. The van der Waals surface area contributed by atoms with E-state index >= 15 is 0 Å². The fraction of sp³-hybridized carbons (Fsp3) is 0.833. The van der Waals surface area contributed by atoms with E-state index in [-0.39, 0.29) is 0 Å². The van der Waals surface area contributed by atoms with Crippen LogP contribution in [-0.2, 0) is 0 Å². The topological polar surface area (TPSA) is 20.2 Å². The summed E-state index contributed by atoms with van der Waals surface area (Å²) in [4.78, 5) is 0. The molecule has 0 aromatic heterocycles. The van der Waals surface area contributed by atoms with Crippen molar-refractivity contribution >= 4 is 0 Å². The van der Waals surface area contributed by atoms with Crippen molar-refractivity contribution < 1.29 is 5.11 Å². The Labute approximate surface area is 80.8 Å². The van der Waals surface area contributed by atoms with E-state index in [4.69, 9.17) is 0 Å². The van der Waals surface area contributed by atoms with Crippen LogP contribution in [0.5, 0.6) is 0 Å². The maximum atomic E-state index is 9.28. The van der Waals surface area contributed by atoms with Gasteiger partial charge in [-0.2, -0.15) is 0 Å². The molecule has 0 aromatic rings. The van der Waals surface area contributed by atoms with E-state index in [2.05, 4.69) is 13.0 Å². The average Bonchev–Trinajstić information content (AvgIpc) is 2.15. The Morgan fingerprint density at radius 1 is 1.46 bits per heavy atom. The fourth-order valence-corrected chi connectivity index (χ4v) is 3.24. The number of aliphatic hydroxyl groups excluding tert-OH is 1. The molecule has 1 N–H and O–H groups in total. The summed E-state index contributed by atoms with van der Waals surface area (Å²) in [5.41, 5.74) is 1.85. The lowest BCUT2D eigenvalue weighted by atomic mass is 9.60. The highest BCUT2D eigenvalue weighted by atomic mass is 16.3. The molecule has 0 heterocycles. The number of rotatable bonds is 1. The highest BCUT2D eigenvalue weighted by Crippen LogP contribution is 2.50. The summed E-state index contributed by atoms with van der Waals surface area (Å²) in [6, 6.07) is 0. The Bertz CT molecular complexity index is 219. The third-order valence-electron chi connectivity index (χ3n) is 4.08. The maximum absolute atomic E-state index is 9.28. The predicted molar refractivity (Wildman–Crippen MR) is 54.5 cm³/mol. The van der Waals surface area contributed by atoms with E-state index in [9.17, 15) is 5.11 Å². The number of aliphatic hydroxyl groups is 1. The Kier molecular flexibility index (Phi) is 2.46. The van der Waals surface area contributed by atoms with Crippen LogP contribution in [0.2, 0.25) is 0 Å². The lowest BCUT2D eigenvalue weighted by Gasteiger charge is -2.45.